The van der Waals surface area contributed by atoms with Crippen molar-refractivity contribution in [3.8, 4) is 5.75 Å². The minimum Gasteiger partial charge on any atom is -0.481 e. The molecule has 0 aliphatic rings. The minimum absolute atomic E-state index is 0.309. The van der Waals surface area contributed by atoms with Crippen molar-refractivity contribution in [2.45, 2.75) is 83.5 Å². The van der Waals surface area contributed by atoms with E-state index in [-0.39, 0.29) is 5.97 Å². The molecule has 1 N–H and O–H groups in total. The summed E-state index contributed by atoms with van der Waals surface area (Å²) in [6.07, 6.45) is 17.6. The Kier molecular flexibility index (Phi) is 13.7. The van der Waals surface area contributed by atoms with Gasteiger partial charge in [0.05, 0.1) is 0 Å². The Morgan fingerprint density at radius 3 is 1.85 bits per heavy atom. The number of benzene rings is 1. The first kappa shape index (κ1) is 22.9. The maximum atomic E-state index is 11.6. The van der Waals surface area contributed by atoms with Gasteiger partial charge in [-0.3, -0.25) is 4.79 Å². The molecule has 0 aliphatic heterocycles. The average Bonchev–Trinajstić information content (AvgIpc) is 2.65. The van der Waals surface area contributed by atoms with Gasteiger partial charge in [-0.25, -0.2) is 4.79 Å². The molecule has 0 atom stereocenters. The molecule has 0 aromatic heterocycles. The van der Waals surface area contributed by atoms with E-state index in [0.29, 0.717) is 12.2 Å². The van der Waals surface area contributed by atoms with E-state index in [9.17, 15) is 9.59 Å². The molecule has 0 heterocycles. The first-order valence-electron chi connectivity index (χ1n) is 10.3. The zero-order valence-corrected chi connectivity index (χ0v) is 16.4. The van der Waals surface area contributed by atoms with Gasteiger partial charge in [0, 0.05) is 12.5 Å². The second-order valence-corrected chi connectivity index (χ2v) is 6.96. The van der Waals surface area contributed by atoms with E-state index in [0.717, 1.165) is 32.1 Å². The normalized spacial score (nSPS) is 11.0. The van der Waals surface area contributed by atoms with Crippen LogP contribution in [0.4, 0.5) is 0 Å². The van der Waals surface area contributed by atoms with E-state index >= 15 is 0 Å². The quantitative estimate of drug-likeness (QED) is 0.159. The van der Waals surface area contributed by atoms with Gasteiger partial charge >= 0.3 is 11.9 Å². The molecule has 150 valence electrons. The molecule has 1 aromatic carbocycles. The lowest BCUT2D eigenvalue weighted by Crippen LogP contribution is -2.03. The van der Waals surface area contributed by atoms with Gasteiger partial charge in [-0.1, -0.05) is 82.1 Å². The number of carbonyl (C=O) groups excluding carboxylic acids is 1. The molecule has 1 aromatic rings. The SMILES string of the molecule is O=C(O)CCCCCCCCCCCCCC=CC(=O)Oc1ccccc1. The summed E-state index contributed by atoms with van der Waals surface area (Å²) < 4.78 is 5.19. The zero-order chi connectivity index (χ0) is 19.6. The first-order chi connectivity index (χ1) is 13.2. The highest BCUT2D eigenvalue weighted by atomic mass is 16.5. The van der Waals surface area contributed by atoms with Crippen LogP contribution in [0.1, 0.15) is 83.5 Å². The summed E-state index contributed by atoms with van der Waals surface area (Å²) in [6.45, 7) is 0. The number of rotatable bonds is 16. The lowest BCUT2D eigenvalue weighted by molar-refractivity contribution is -0.137. The summed E-state index contributed by atoms with van der Waals surface area (Å²) in [5.74, 6) is -0.422. The number of para-hydroxylation sites is 1. The molecule has 27 heavy (non-hydrogen) atoms. The predicted octanol–water partition coefficient (Wildman–Crippen LogP) is 6.30. The average molecular weight is 375 g/mol. The van der Waals surface area contributed by atoms with E-state index in [1.807, 2.05) is 24.3 Å². The van der Waals surface area contributed by atoms with E-state index in [2.05, 4.69) is 0 Å². The Balaban J connectivity index is 1.83. The van der Waals surface area contributed by atoms with Crippen LogP contribution < -0.4 is 4.74 Å². The van der Waals surface area contributed by atoms with Gasteiger partial charge in [-0.15, -0.1) is 0 Å². The summed E-state index contributed by atoms with van der Waals surface area (Å²) in [4.78, 5) is 22.0. The molecular weight excluding hydrogens is 340 g/mol. The van der Waals surface area contributed by atoms with Gasteiger partial charge in [0.2, 0.25) is 0 Å². The molecule has 0 saturated carbocycles. The Hall–Kier alpha value is -2.10. The molecule has 0 radical (unpaired) electrons. The molecule has 0 fully saturated rings. The minimum atomic E-state index is -0.683. The van der Waals surface area contributed by atoms with Crippen LogP contribution in [-0.2, 0) is 9.59 Å². The number of hydrogen-bond acceptors (Lipinski definition) is 3. The second kappa shape index (κ2) is 16.1. The number of allylic oxidation sites excluding steroid dienone is 1. The monoisotopic (exact) mass is 374 g/mol. The third-order valence-electron chi connectivity index (χ3n) is 4.48. The molecule has 4 heteroatoms. The van der Waals surface area contributed by atoms with Crippen LogP contribution >= 0.6 is 0 Å². The number of carboxylic acids is 1. The van der Waals surface area contributed by atoms with Crippen molar-refractivity contribution in [3.05, 3.63) is 42.5 Å². The molecule has 4 nitrogen and oxygen atoms in total. The molecule has 0 aliphatic carbocycles. The molecule has 0 spiro atoms. The third-order valence-corrected chi connectivity index (χ3v) is 4.48. The van der Waals surface area contributed by atoms with Gasteiger partial charge in [-0.05, 0) is 31.4 Å². The van der Waals surface area contributed by atoms with Gasteiger partial charge in [0.1, 0.15) is 5.75 Å². The fraction of sp³-hybridized carbons (Fsp3) is 0.565. The van der Waals surface area contributed by atoms with Crippen LogP contribution in [0.15, 0.2) is 42.5 Å². The van der Waals surface area contributed by atoms with Crippen molar-refractivity contribution in [3.63, 3.8) is 0 Å². The lowest BCUT2D eigenvalue weighted by Gasteiger charge is -2.02. The Bertz CT molecular complexity index is 537. The second-order valence-electron chi connectivity index (χ2n) is 6.96. The van der Waals surface area contributed by atoms with E-state index in [1.54, 1.807) is 12.1 Å². The summed E-state index contributed by atoms with van der Waals surface area (Å²) in [7, 11) is 0. The van der Waals surface area contributed by atoms with Crippen LogP contribution in [0.2, 0.25) is 0 Å². The Labute approximate surface area is 163 Å². The number of hydrogen-bond donors (Lipinski definition) is 1. The highest BCUT2D eigenvalue weighted by molar-refractivity contribution is 5.83. The molecular formula is C23H34O4. The van der Waals surface area contributed by atoms with Crippen LogP contribution in [0.3, 0.4) is 0 Å². The van der Waals surface area contributed by atoms with Crippen molar-refractivity contribution in [1.82, 2.24) is 0 Å². The molecule has 0 amide bonds. The molecule has 1 rings (SSSR count). The zero-order valence-electron chi connectivity index (χ0n) is 16.4. The first-order valence-corrected chi connectivity index (χ1v) is 10.3. The highest BCUT2D eigenvalue weighted by Crippen LogP contribution is 2.13. The van der Waals surface area contributed by atoms with Crippen molar-refractivity contribution in [1.29, 1.82) is 0 Å². The van der Waals surface area contributed by atoms with Crippen molar-refractivity contribution in [2.75, 3.05) is 0 Å². The standard InChI is InChI=1S/C23H34O4/c24-22(25)19-15-10-8-6-4-2-1-3-5-7-9-11-16-20-23(26)27-21-17-13-12-14-18-21/h12-14,16-18,20H,1-11,15,19H2,(H,24,25). The van der Waals surface area contributed by atoms with Crippen molar-refractivity contribution < 1.29 is 19.4 Å². The number of carboxylic acid groups (broad SMARTS) is 1. The number of aliphatic carboxylic acids is 1. The predicted molar refractivity (Wildman–Crippen MR) is 109 cm³/mol. The molecule has 0 unspecified atom stereocenters. The van der Waals surface area contributed by atoms with Gasteiger partial charge < -0.3 is 9.84 Å². The lowest BCUT2D eigenvalue weighted by atomic mass is 10.0. The van der Waals surface area contributed by atoms with Crippen LogP contribution in [0.25, 0.3) is 0 Å². The summed E-state index contributed by atoms with van der Waals surface area (Å²) in [5.41, 5.74) is 0. The summed E-state index contributed by atoms with van der Waals surface area (Å²) in [6, 6.07) is 9.11. The van der Waals surface area contributed by atoms with Gasteiger partial charge in [0.15, 0.2) is 0 Å². The maximum absolute atomic E-state index is 11.6. The van der Waals surface area contributed by atoms with Crippen LogP contribution in [0.5, 0.6) is 5.75 Å². The fourth-order valence-corrected chi connectivity index (χ4v) is 2.95. The van der Waals surface area contributed by atoms with Crippen LogP contribution in [0, 0.1) is 0 Å². The molecule has 0 saturated heterocycles. The maximum Gasteiger partial charge on any atom is 0.335 e. The largest absolute Gasteiger partial charge is 0.481 e. The van der Waals surface area contributed by atoms with E-state index in [1.165, 1.54) is 51.0 Å². The van der Waals surface area contributed by atoms with E-state index in [4.69, 9.17) is 9.84 Å². The van der Waals surface area contributed by atoms with Crippen LogP contribution in [-0.4, -0.2) is 17.0 Å². The van der Waals surface area contributed by atoms with Gasteiger partial charge in [0.25, 0.3) is 0 Å². The van der Waals surface area contributed by atoms with Gasteiger partial charge in [-0.2, -0.15) is 0 Å². The number of ether oxygens (including phenoxy) is 1. The number of carbonyl (C=O) groups is 2. The fourth-order valence-electron chi connectivity index (χ4n) is 2.95. The number of esters is 1. The van der Waals surface area contributed by atoms with Crippen molar-refractivity contribution in [2.24, 2.45) is 0 Å². The Morgan fingerprint density at radius 2 is 1.30 bits per heavy atom. The topological polar surface area (TPSA) is 63.6 Å². The smallest absolute Gasteiger partial charge is 0.335 e. The number of unbranched alkanes of at least 4 members (excludes halogenated alkanes) is 11. The summed E-state index contributed by atoms with van der Waals surface area (Å²) >= 11 is 0. The third kappa shape index (κ3) is 14.7. The summed E-state index contributed by atoms with van der Waals surface area (Å²) in [5, 5.41) is 8.56. The Morgan fingerprint density at radius 1 is 0.778 bits per heavy atom. The highest BCUT2D eigenvalue weighted by Gasteiger charge is 1.99. The van der Waals surface area contributed by atoms with E-state index < -0.39 is 5.97 Å². The van der Waals surface area contributed by atoms with Crippen molar-refractivity contribution >= 4 is 11.9 Å². The molecule has 0 bridgehead atoms.